The third-order valence-corrected chi connectivity index (χ3v) is 3.00. The first-order valence-electron chi connectivity index (χ1n) is 5.83. The van der Waals surface area contributed by atoms with E-state index in [1.54, 1.807) is 0 Å². The molecule has 0 aliphatic rings. The number of carbonyl (C=O) groups is 1. The van der Waals surface area contributed by atoms with Gasteiger partial charge in [-0.25, -0.2) is 8.78 Å². The van der Waals surface area contributed by atoms with Crippen LogP contribution in [-0.2, 0) is 0 Å². The van der Waals surface area contributed by atoms with Gasteiger partial charge in [0.15, 0.2) is 6.61 Å². The van der Waals surface area contributed by atoms with Crippen molar-refractivity contribution in [3.8, 4) is 11.8 Å². The first kappa shape index (κ1) is 14.9. The van der Waals surface area contributed by atoms with Crippen molar-refractivity contribution < 1.29 is 18.3 Å². The Morgan fingerprint density at radius 2 is 1.81 bits per heavy atom. The van der Waals surface area contributed by atoms with Crippen molar-refractivity contribution in [1.82, 2.24) is 0 Å². The lowest BCUT2D eigenvalue weighted by Gasteiger charge is -2.09. The SMILES string of the molecule is N#Cc1c(Cl)cccc1OCC(=O)c1c(F)cccc1F. The smallest absolute Gasteiger partial charge is 0.206 e. The van der Waals surface area contributed by atoms with Crippen LogP contribution >= 0.6 is 11.6 Å². The predicted octanol–water partition coefficient (Wildman–Crippen LogP) is 3.75. The second-order valence-corrected chi connectivity index (χ2v) is 4.44. The third kappa shape index (κ3) is 3.18. The number of ketones is 1. The second-order valence-electron chi connectivity index (χ2n) is 4.03. The van der Waals surface area contributed by atoms with Crippen LogP contribution in [0.25, 0.3) is 0 Å². The van der Waals surface area contributed by atoms with Crippen LogP contribution in [0.4, 0.5) is 8.78 Å². The number of hydrogen-bond acceptors (Lipinski definition) is 3. The van der Waals surface area contributed by atoms with Crippen LogP contribution in [0.1, 0.15) is 15.9 Å². The molecule has 0 radical (unpaired) electrons. The number of carbonyl (C=O) groups excluding carboxylic acids is 1. The standard InChI is InChI=1S/C15H8ClF2NO2/c16-10-3-1-6-14(9(10)7-19)21-8-13(20)15-11(17)4-2-5-12(15)18/h1-6H,8H2. The lowest BCUT2D eigenvalue weighted by Crippen LogP contribution is -2.15. The summed E-state index contributed by atoms with van der Waals surface area (Å²) in [4.78, 5) is 11.8. The van der Waals surface area contributed by atoms with E-state index in [2.05, 4.69) is 0 Å². The molecule has 0 spiro atoms. The number of nitrogens with zero attached hydrogens (tertiary/aromatic N) is 1. The van der Waals surface area contributed by atoms with Gasteiger partial charge < -0.3 is 4.74 Å². The summed E-state index contributed by atoms with van der Waals surface area (Å²) in [5.74, 6) is -2.71. The molecule has 0 saturated heterocycles. The van der Waals surface area contributed by atoms with E-state index >= 15 is 0 Å². The number of Topliss-reactive ketones (excluding diaryl/α,β-unsaturated/α-hetero) is 1. The van der Waals surface area contributed by atoms with Gasteiger partial charge in [0, 0.05) is 0 Å². The number of ether oxygens (including phenoxy) is 1. The molecule has 0 amide bonds. The third-order valence-electron chi connectivity index (χ3n) is 2.69. The fourth-order valence-corrected chi connectivity index (χ4v) is 1.92. The van der Waals surface area contributed by atoms with Crippen molar-refractivity contribution >= 4 is 17.4 Å². The van der Waals surface area contributed by atoms with E-state index in [9.17, 15) is 13.6 Å². The first-order chi connectivity index (χ1) is 10.0. The second kappa shape index (κ2) is 6.33. The number of nitriles is 1. The Labute approximate surface area is 124 Å². The average Bonchev–Trinajstić information content (AvgIpc) is 2.45. The molecular weight excluding hydrogens is 300 g/mol. The van der Waals surface area contributed by atoms with Gasteiger partial charge in [-0.1, -0.05) is 23.7 Å². The highest BCUT2D eigenvalue weighted by Crippen LogP contribution is 2.25. The molecule has 0 aliphatic carbocycles. The molecular formula is C15H8ClF2NO2. The molecule has 2 aromatic rings. The Balaban J connectivity index is 2.20. The van der Waals surface area contributed by atoms with Crippen LogP contribution in [0.15, 0.2) is 36.4 Å². The minimum absolute atomic E-state index is 0.0565. The van der Waals surface area contributed by atoms with Gasteiger partial charge in [-0.2, -0.15) is 5.26 Å². The largest absolute Gasteiger partial charge is 0.484 e. The zero-order valence-corrected chi connectivity index (χ0v) is 11.3. The van der Waals surface area contributed by atoms with Crippen LogP contribution < -0.4 is 4.74 Å². The number of halogens is 3. The van der Waals surface area contributed by atoms with Crippen molar-refractivity contribution in [2.75, 3.05) is 6.61 Å². The lowest BCUT2D eigenvalue weighted by molar-refractivity contribution is 0.0913. The van der Waals surface area contributed by atoms with Gasteiger partial charge in [0.25, 0.3) is 0 Å². The molecule has 6 heteroatoms. The van der Waals surface area contributed by atoms with Crippen molar-refractivity contribution in [2.24, 2.45) is 0 Å². The normalized spacial score (nSPS) is 10.0. The van der Waals surface area contributed by atoms with Crippen LogP contribution in [0.3, 0.4) is 0 Å². The number of rotatable bonds is 4. The summed E-state index contributed by atoms with van der Waals surface area (Å²) in [6.45, 7) is -0.604. The Morgan fingerprint density at radius 1 is 1.19 bits per heavy atom. The molecule has 0 fully saturated rings. The molecule has 2 aromatic carbocycles. The Bertz CT molecular complexity index is 721. The molecule has 106 valence electrons. The van der Waals surface area contributed by atoms with E-state index in [0.717, 1.165) is 18.2 Å². The fourth-order valence-electron chi connectivity index (χ4n) is 1.71. The minimum atomic E-state index is -0.963. The summed E-state index contributed by atoms with van der Waals surface area (Å²) >= 11 is 5.80. The quantitative estimate of drug-likeness (QED) is 0.808. The van der Waals surface area contributed by atoms with Crippen LogP contribution in [0.2, 0.25) is 5.02 Å². The Hall–Kier alpha value is -2.45. The van der Waals surface area contributed by atoms with Gasteiger partial charge in [-0.15, -0.1) is 0 Å². The van der Waals surface area contributed by atoms with E-state index < -0.39 is 29.6 Å². The van der Waals surface area contributed by atoms with Crippen molar-refractivity contribution in [2.45, 2.75) is 0 Å². The maximum atomic E-state index is 13.4. The highest BCUT2D eigenvalue weighted by Gasteiger charge is 2.18. The molecule has 21 heavy (non-hydrogen) atoms. The van der Waals surface area contributed by atoms with Crippen LogP contribution in [0, 0.1) is 23.0 Å². The van der Waals surface area contributed by atoms with Gasteiger partial charge in [-0.3, -0.25) is 4.79 Å². The van der Waals surface area contributed by atoms with Gasteiger partial charge in [0.05, 0.1) is 10.6 Å². The predicted molar refractivity (Wildman–Crippen MR) is 72.4 cm³/mol. The number of benzene rings is 2. The van der Waals surface area contributed by atoms with E-state index in [1.165, 1.54) is 18.2 Å². The summed E-state index contributed by atoms with van der Waals surface area (Å²) < 4.78 is 32.0. The van der Waals surface area contributed by atoms with Crippen LogP contribution in [0.5, 0.6) is 5.75 Å². The molecule has 3 nitrogen and oxygen atoms in total. The molecule has 0 heterocycles. The van der Waals surface area contributed by atoms with Crippen molar-refractivity contribution in [3.63, 3.8) is 0 Å². The van der Waals surface area contributed by atoms with E-state index in [-0.39, 0.29) is 16.3 Å². The summed E-state index contributed by atoms with van der Waals surface area (Å²) in [6, 6.07) is 9.42. The van der Waals surface area contributed by atoms with E-state index in [4.69, 9.17) is 21.6 Å². The Morgan fingerprint density at radius 3 is 2.43 bits per heavy atom. The zero-order valence-electron chi connectivity index (χ0n) is 10.6. The summed E-state index contributed by atoms with van der Waals surface area (Å²) in [5, 5.41) is 9.12. The molecule has 0 bridgehead atoms. The van der Waals surface area contributed by atoms with Crippen LogP contribution in [-0.4, -0.2) is 12.4 Å². The topological polar surface area (TPSA) is 50.1 Å². The maximum Gasteiger partial charge on any atom is 0.206 e. The molecule has 0 aromatic heterocycles. The highest BCUT2D eigenvalue weighted by atomic mass is 35.5. The van der Waals surface area contributed by atoms with E-state index in [1.807, 2.05) is 6.07 Å². The summed E-state index contributed by atoms with van der Waals surface area (Å²) in [5.41, 5.74) is -0.612. The molecule has 2 rings (SSSR count). The highest BCUT2D eigenvalue weighted by molar-refractivity contribution is 6.31. The van der Waals surface area contributed by atoms with Crippen molar-refractivity contribution in [3.05, 3.63) is 64.2 Å². The zero-order chi connectivity index (χ0) is 15.4. The first-order valence-corrected chi connectivity index (χ1v) is 6.21. The molecule has 0 N–H and O–H groups in total. The minimum Gasteiger partial charge on any atom is -0.484 e. The summed E-state index contributed by atoms with van der Waals surface area (Å²) in [6.07, 6.45) is 0. The molecule has 0 aliphatic heterocycles. The Kier molecular flexibility index (Phi) is 4.51. The monoisotopic (exact) mass is 307 g/mol. The molecule has 0 saturated carbocycles. The van der Waals surface area contributed by atoms with Crippen molar-refractivity contribution in [1.29, 1.82) is 5.26 Å². The van der Waals surface area contributed by atoms with Gasteiger partial charge >= 0.3 is 0 Å². The fraction of sp³-hybridized carbons (Fsp3) is 0.0667. The van der Waals surface area contributed by atoms with E-state index in [0.29, 0.717) is 0 Å². The maximum absolute atomic E-state index is 13.4. The molecule has 0 unspecified atom stereocenters. The van der Waals surface area contributed by atoms with Gasteiger partial charge in [0.1, 0.15) is 29.0 Å². The summed E-state index contributed by atoms with van der Waals surface area (Å²) in [7, 11) is 0. The number of hydrogen-bond donors (Lipinski definition) is 0. The lowest BCUT2D eigenvalue weighted by atomic mass is 10.1. The molecule has 0 atom stereocenters. The van der Waals surface area contributed by atoms with Gasteiger partial charge in [0.2, 0.25) is 5.78 Å². The average molecular weight is 308 g/mol. The van der Waals surface area contributed by atoms with Gasteiger partial charge in [-0.05, 0) is 24.3 Å².